The number of carbonyl (C=O) groups is 1. The summed E-state index contributed by atoms with van der Waals surface area (Å²) in [5.41, 5.74) is 2.43. The molecular formula is C17H16N2O2. The van der Waals surface area contributed by atoms with Gasteiger partial charge in [-0.1, -0.05) is 24.0 Å². The number of hydrogen-bond acceptors (Lipinski definition) is 3. The van der Waals surface area contributed by atoms with E-state index in [1.54, 1.807) is 36.5 Å². The van der Waals surface area contributed by atoms with Crippen LogP contribution in [-0.4, -0.2) is 34.6 Å². The average Bonchev–Trinajstić information content (AvgIpc) is 2.53. The number of carbonyl (C=O) groups excluding carboxylic acids is 1. The number of aliphatic hydroxyl groups is 1. The minimum absolute atomic E-state index is 0.0516. The lowest BCUT2D eigenvalue weighted by Crippen LogP contribution is -2.26. The summed E-state index contributed by atoms with van der Waals surface area (Å²) in [5.74, 6) is 5.42. The van der Waals surface area contributed by atoms with Crippen molar-refractivity contribution in [3.63, 3.8) is 0 Å². The number of pyridine rings is 1. The predicted molar refractivity (Wildman–Crippen MR) is 80.4 cm³/mol. The first-order valence-corrected chi connectivity index (χ1v) is 6.55. The van der Waals surface area contributed by atoms with Crippen LogP contribution in [0.2, 0.25) is 0 Å². The molecule has 1 heterocycles. The fraction of sp³-hybridized carbons (Fsp3) is 0.176. The highest BCUT2D eigenvalue weighted by atomic mass is 16.2. The molecule has 2 aromatic rings. The van der Waals surface area contributed by atoms with Crippen molar-refractivity contribution in [2.24, 2.45) is 0 Å². The Hall–Kier alpha value is -2.64. The molecule has 2 rings (SSSR count). The Bertz CT molecular complexity index is 672. The van der Waals surface area contributed by atoms with Crippen LogP contribution in [0.4, 0.5) is 0 Å². The molecule has 106 valence electrons. The van der Waals surface area contributed by atoms with Crippen molar-refractivity contribution in [3.8, 4) is 11.8 Å². The zero-order chi connectivity index (χ0) is 15.1. The van der Waals surface area contributed by atoms with E-state index in [0.29, 0.717) is 12.1 Å². The summed E-state index contributed by atoms with van der Waals surface area (Å²) in [7, 11) is 1.76. The monoisotopic (exact) mass is 280 g/mol. The van der Waals surface area contributed by atoms with Crippen molar-refractivity contribution in [1.82, 2.24) is 9.88 Å². The molecule has 0 aliphatic carbocycles. The number of aromatic nitrogens is 1. The summed E-state index contributed by atoms with van der Waals surface area (Å²) in [6, 6.07) is 11.0. The summed E-state index contributed by atoms with van der Waals surface area (Å²) in [6.07, 6.45) is 3.21. The summed E-state index contributed by atoms with van der Waals surface area (Å²) in [4.78, 5) is 17.8. The van der Waals surface area contributed by atoms with Crippen molar-refractivity contribution in [2.75, 3.05) is 13.7 Å². The van der Waals surface area contributed by atoms with Gasteiger partial charge in [0.1, 0.15) is 6.61 Å². The number of benzene rings is 1. The molecule has 1 amide bonds. The molecule has 1 aromatic carbocycles. The molecule has 0 unspecified atom stereocenters. The highest BCUT2D eigenvalue weighted by Crippen LogP contribution is 2.09. The maximum atomic E-state index is 12.2. The van der Waals surface area contributed by atoms with E-state index in [1.807, 2.05) is 24.3 Å². The maximum absolute atomic E-state index is 12.2. The molecule has 0 saturated carbocycles. The third-order valence-electron chi connectivity index (χ3n) is 2.93. The number of aliphatic hydroxyl groups excluding tert-OH is 1. The van der Waals surface area contributed by atoms with Gasteiger partial charge in [0.05, 0.1) is 0 Å². The Morgan fingerprint density at radius 1 is 1.29 bits per heavy atom. The lowest BCUT2D eigenvalue weighted by molar-refractivity contribution is 0.0785. The van der Waals surface area contributed by atoms with Crippen LogP contribution in [-0.2, 0) is 6.54 Å². The molecule has 0 atom stereocenters. The van der Waals surface area contributed by atoms with Gasteiger partial charge in [0.25, 0.3) is 5.91 Å². The zero-order valence-corrected chi connectivity index (χ0v) is 11.8. The molecule has 0 aliphatic rings. The standard InChI is InChI=1S/C17H16N2O2/c1-19(17(21)16-7-9-18-10-8-16)13-15-5-2-4-14(12-15)6-3-11-20/h2,4-5,7-10,12,20H,11,13H2,1H3. The van der Waals surface area contributed by atoms with Gasteiger partial charge in [0.2, 0.25) is 0 Å². The van der Waals surface area contributed by atoms with Crippen LogP contribution in [0, 0.1) is 11.8 Å². The normalized spacial score (nSPS) is 9.62. The fourth-order valence-electron chi connectivity index (χ4n) is 1.95. The highest BCUT2D eigenvalue weighted by Gasteiger charge is 2.11. The molecule has 0 bridgehead atoms. The van der Waals surface area contributed by atoms with E-state index in [1.165, 1.54) is 0 Å². The number of hydrogen-bond donors (Lipinski definition) is 1. The van der Waals surface area contributed by atoms with Crippen molar-refractivity contribution in [3.05, 3.63) is 65.5 Å². The minimum Gasteiger partial charge on any atom is -0.384 e. The van der Waals surface area contributed by atoms with E-state index in [-0.39, 0.29) is 12.5 Å². The molecule has 0 saturated heterocycles. The fourth-order valence-corrected chi connectivity index (χ4v) is 1.95. The van der Waals surface area contributed by atoms with Crippen LogP contribution < -0.4 is 0 Å². The summed E-state index contributed by atoms with van der Waals surface area (Å²) < 4.78 is 0. The van der Waals surface area contributed by atoms with E-state index in [4.69, 9.17) is 5.11 Å². The van der Waals surface area contributed by atoms with Crippen LogP contribution in [0.1, 0.15) is 21.5 Å². The summed E-state index contributed by atoms with van der Waals surface area (Å²) >= 11 is 0. The number of amides is 1. The van der Waals surface area contributed by atoms with Gasteiger partial charge in [0, 0.05) is 37.1 Å². The van der Waals surface area contributed by atoms with Gasteiger partial charge in [-0.15, -0.1) is 0 Å². The van der Waals surface area contributed by atoms with Crippen molar-refractivity contribution >= 4 is 5.91 Å². The molecule has 0 spiro atoms. The molecule has 4 heteroatoms. The third kappa shape index (κ3) is 4.16. The molecule has 0 fully saturated rings. The Balaban J connectivity index is 2.09. The van der Waals surface area contributed by atoms with E-state index in [0.717, 1.165) is 11.1 Å². The van der Waals surface area contributed by atoms with Gasteiger partial charge >= 0.3 is 0 Å². The van der Waals surface area contributed by atoms with Crippen LogP contribution in [0.5, 0.6) is 0 Å². The van der Waals surface area contributed by atoms with Crippen molar-refractivity contribution in [2.45, 2.75) is 6.54 Å². The topological polar surface area (TPSA) is 53.4 Å². The van der Waals surface area contributed by atoms with Gasteiger partial charge in [-0.05, 0) is 29.8 Å². The second-order valence-corrected chi connectivity index (χ2v) is 4.56. The first-order chi connectivity index (χ1) is 10.2. The zero-order valence-electron chi connectivity index (χ0n) is 11.8. The van der Waals surface area contributed by atoms with E-state index >= 15 is 0 Å². The Morgan fingerprint density at radius 3 is 2.76 bits per heavy atom. The molecule has 4 nitrogen and oxygen atoms in total. The molecular weight excluding hydrogens is 264 g/mol. The summed E-state index contributed by atoms with van der Waals surface area (Å²) in [6.45, 7) is 0.334. The van der Waals surface area contributed by atoms with E-state index in [9.17, 15) is 4.79 Å². The maximum Gasteiger partial charge on any atom is 0.254 e. The van der Waals surface area contributed by atoms with Gasteiger partial charge in [-0.2, -0.15) is 0 Å². The largest absolute Gasteiger partial charge is 0.384 e. The molecule has 1 aromatic heterocycles. The Morgan fingerprint density at radius 2 is 2.05 bits per heavy atom. The van der Waals surface area contributed by atoms with Gasteiger partial charge in [-0.25, -0.2) is 0 Å². The lowest BCUT2D eigenvalue weighted by Gasteiger charge is -2.17. The highest BCUT2D eigenvalue weighted by molar-refractivity contribution is 5.93. The van der Waals surface area contributed by atoms with Crippen molar-refractivity contribution < 1.29 is 9.90 Å². The second kappa shape index (κ2) is 7.22. The molecule has 0 radical (unpaired) electrons. The van der Waals surface area contributed by atoms with E-state index < -0.39 is 0 Å². The Labute approximate surface area is 124 Å². The quantitative estimate of drug-likeness (QED) is 0.871. The Kier molecular flexibility index (Phi) is 5.08. The van der Waals surface area contributed by atoms with Crippen LogP contribution in [0.3, 0.4) is 0 Å². The predicted octanol–water partition coefficient (Wildman–Crippen LogP) is 1.70. The van der Waals surface area contributed by atoms with Crippen LogP contribution >= 0.6 is 0 Å². The first kappa shape index (κ1) is 14.8. The van der Waals surface area contributed by atoms with Gasteiger partial charge in [-0.3, -0.25) is 9.78 Å². The molecule has 1 N–H and O–H groups in total. The van der Waals surface area contributed by atoms with Crippen LogP contribution in [0.25, 0.3) is 0 Å². The first-order valence-electron chi connectivity index (χ1n) is 6.55. The number of nitrogens with zero attached hydrogens (tertiary/aromatic N) is 2. The second-order valence-electron chi connectivity index (χ2n) is 4.56. The summed E-state index contributed by atoms with van der Waals surface area (Å²) in [5, 5.41) is 8.71. The number of rotatable bonds is 3. The van der Waals surface area contributed by atoms with Gasteiger partial charge < -0.3 is 10.0 Å². The SMILES string of the molecule is CN(Cc1cccc(C#CCO)c1)C(=O)c1ccncc1. The van der Waals surface area contributed by atoms with Crippen LogP contribution in [0.15, 0.2) is 48.8 Å². The molecule has 0 aliphatic heterocycles. The molecule has 21 heavy (non-hydrogen) atoms. The lowest BCUT2D eigenvalue weighted by atomic mass is 10.1. The van der Waals surface area contributed by atoms with E-state index in [2.05, 4.69) is 16.8 Å². The van der Waals surface area contributed by atoms with Gasteiger partial charge in [0.15, 0.2) is 0 Å². The average molecular weight is 280 g/mol. The van der Waals surface area contributed by atoms with Crippen molar-refractivity contribution in [1.29, 1.82) is 0 Å². The minimum atomic E-state index is -0.162. The smallest absolute Gasteiger partial charge is 0.254 e. The third-order valence-corrected chi connectivity index (χ3v) is 2.93.